The van der Waals surface area contributed by atoms with Gasteiger partial charge in [-0.05, 0) is 143 Å². The van der Waals surface area contributed by atoms with Crippen molar-refractivity contribution in [2.75, 3.05) is 164 Å². The fraction of sp³-hybridized carbons (Fsp3) is 0.957. The largest absolute Gasteiger partial charge is 1.00 e. The number of halogens is 4. The van der Waals surface area contributed by atoms with Crippen LogP contribution in [0.25, 0.3) is 0 Å². The summed E-state index contributed by atoms with van der Waals surface area (Å²) >= 11 is 0. The van der Waals surface area contributed by atoms with E-state index in [-0.39, 0.29) is 49.6 Å². The Morgan fingerprint density at radius 3 is 1.19 bits per heavy atom. The van der Waals surface area contributed by atoms with Crippen LogP contribution in [0.3, 0.4) is 0 Å². The lowest BCUT2D eigenvalue weighted by molar-refractivity contribution is -0.871. The van der Waals surface area contributed by atoms with Gasteiger partial charge in [-0.1, -0.05) is 283 Å². The SMILES string of the molecule is CCCCCCC1C=C[C@@H](CCCCCCCCOOCC[N+](C)(C)C)C(/C=C2\CCCCCCC2COOCC[N+](C)(C)C)C1CCCCCC.CCCCCCC1CC[C@@]2(CCCCCCC2COOCC[N+](C)(C)C)C(CCCCCCCCCCOOCC[N+](C)(C)C)C1CCCCCC.[Cl-].[Cl-].[Cl-].[Cl-]. The first-order valence-corrected chi connectivity index (χ1v) is 45.6. The Hall–Kier alpha value is 0.160. The molecule has 648 valence electrons. The summed E-state index contributed by atoms with van der Waals surface area (Å²) in [7, 11) is 26.5. The van der Waals surface area contributed by atoms with E-state index in [9.17, 15) is 0 Å². The monoisotopic (exact) mass is 1610 g/mol. The molecule has 8 unspecified atom stereocenters. The van der Waals surface area contributed by atoms with Crippen LogP contribution in [-0.2, 0) is 39.1 Å². The molecule has 3 saturated carbocycles. The van der Waals surface area contributed by atoms with Gasteiger partial charge in [0.2, 0.25) is 0 Å². The fourth-order valence-electron chi connectivity index (χ4n) is 18.1. The lowest BCUT2D eigenvalue weighted by Crippen LogP contribution is -3.00. The van der Waals surface area contributed by atoms with E-state index in [0.29, 0.717) is 68.7 Å². The topological polar surface area (TPSA) is 73.8 Å². The van der Waals surface area contributed by atoms with Crippen molar-refractivity contribution < 1.29 is 107 Å². The standard InChI is InChI=1S/C46H90N2O4.C46H94N2O4.4ClH/c1-9-11-13-21-27-41-32-33-42(28-22-17-15-16-20-26-36-49-50-37-34-47(3,4)5)46(45(41)31-25-14-12-10-2)39-43-29-23-18-19-24-30-44(43)40-52-51-38-35-48(6,7)8;1-9-11-13-23-29-42-33-35-46(34-27-21-20-24-30-43(46)41-52-51-40-37-48(6,7)8)45(44(42)31-25-14-12-10-2)32-26-19-17-15-16-18-22-28-38-49-50-39-36-47(3,4)5;;;;/h32-33,39,41-42,44-46H,9-31,34-38,40H2,1-8H3;42-45H,9-41H2,1-8H3;4*1H/q2*+2;;;;/p-4/b43-39+;;;;;/t41?,42-,44?,45?,46?;42?,43?,44?,45?,46-;;;;/m11..../s1. The molecular formula is C92H184Cl4N4O8. The lowest BCUT2D eigenvalue weighted by Gasteiger charge is -2.56. The molecule has 4 aliphatic carbocycles. The molecule has 0 saturated heterocycles. The highest BCUT2D eigenvalue weighted by atomic mass is 35.5. The van der Waals surface area contributed by atoms with Crippen molar-refractivity contribution >= 4 is 0 Å². The molecule has 108 heavy (non-hydrogen) atoms. The minimum atomic E-state index is 0. The summed E-state index contributed by atoms with van der Waals surface area (Å²) in [5.41, 5.74) is 2.14. The number of quaternary nitrogens is 4. The molecule has 0 N–H and O–H groups in total. The van der Waals surface area contributed by atoms with Crippen LogP contribution in [0, 0.1) is 58.7 Å². The summed E-state index contributed by atoms with van der Waals surface area (Å²) in [5, 5.41) is 0. The van der Waals surface area contributed by atoms with E-state index < -0.39 is 0 Å². The summed E-state index contributed by atoms with van der Waals surface area (Å²) in [4.78, 5) is 45.6. The Kier molecular flexibility index (Phi) is 69.5. The van der Waals surface area contributed by atoms with E-state index in [1.54, 1.807) is 5.57 Å². The number of nitrogens with zero attached hydrogens (tertiary/aromatic N) is 4. The maximum absolute atomic E-state index is 6.22. The third kappa shape index (κ3) is 55.0. The van der Waals surface area contributed by atoms with Crippen molar-refractivity contribution in [3.05, 3.63) is 23.8 Å². The highest BCUT2D eigenvalue weighted by Crippen LogP contribution is 2.60. The zero-order valence-corrected chi connectivity index (χ0v) is 77.4. The van der Waals surface area contributed by atoms with Gasteiger partial charge < -0.3 is 67.6 Å². The molecule has 4 aliphatic rings. The Balaban J connectivity index is 0. The van der Waals surface area contributed by atoms with Crippen LogP contribution in [0.1, 0.15) is 349 Å². The molecule has 0 amide bonds. The Bertz CT molecular complexity index is 2040. The van der Waals surface area contributed by atoms with Gasteiger partial charge in [0, 0.05) is 5.92 Å². The van der Waals surface area contributed by atoms with Gasteiger partial charge in [-0.25, -0.2) is 39.1 Å². The Labute approximate surface area is 697 Å². The molecule has 0 aromatic rings. The van der Waals surface area contributed by atoms with Gasteiger partial charge >= 0.3 is 0 Å². The van der Waals surface area contributed by atoms with Crippen LogP contribution in [0.4, 0.5) is 0 Å². The first kappa shape index (κ1) is 110. The zero-order valence-electron chi connectivity index (χ0n) is 74.3. The highest BCUT2D eigenvalue weighted by molar-refractivity contribution is 5.17. The van der Waals surface area contributed by atoms with Crippen LogP contribution in [0.15, 0.2) is 23.8 Å². The molecule has 3 fully saturated rings. The first-order chi connectivity index (χ1) is 50.1. The lowest BCUT2D eigenvalue weighted by atomic mass is 9.49. The predicted octanol–water partition coefficient (Wildman–Crippen LogP) is 12.3. The summed E-state index contributed by atoms with van der Waals surface area (Å²) in [6.07, 6.45) is 76.5. The smallest absolute Gasteiger partial charge is 0.131 e. The first-order valence-electron chi connectivity index (χ1n) is 45.6. The van der Waals surface area contributed by atoms with Gasteiger partial charge in [0.05, 0.1) is 111 Å². The molecular weight excluding hydrogens is 1430 g/mol. The zero-order chi connectivity index (χ0) is 75.9. The number of likely N-dealkylation sites (N-methyl/N-ethyl adjacent to an activating group) is 4. The summed E-state index contributed by atoms with van der Waals surface area (Å²) in [6, 6.07) is 0. The van der Waals surface area contributed by atoms with Crippen molar-refractivity contribution in [2.45, 2.75) is 349 Å². The number of unbranched alkanes of at least 4 members (excludes halogenated alkanes) is 24. The number of rotatable bonds is 61. The second-order valence-corrected chi connectivity index (χ2v) is 38.3. The van der Waals surface area contributed by atoms with E-state index in [4.69, 9.17) is 39.1 Å². The third-order valence-corrected chi connectivity index (χ3v) is 24.8. The minimum Gasteiger partial charge on any atom is -1.00 e. The van der Waals surface area contributed by atoms with E-state index in [0.717, 1.165) is 99.8 Å². The summed E-state index contributed by atoms with van der Waals surface area (Å²) < 4.78 is 3.63. The van der Waals surface area contributed by atoms with Gasteiger partial charge in [0.1, 0.15) is 52.6 Å². The van der Waals surface area contributed by atoms with E-state index in [2.05, 4.69) is 130 Å². The average Bonchev–Trinajstić information content (AvgIpc) is 0.753. The van der Waals surface area contributed by atoms with E-state index in [1.165, 1.54) is 308 Å². The molecule has 12 nitrogen and oxygen atoms in total. The van der Waals surface area contributed by atoms with E-state index in [1.807, 2.05) is 0 Å². The molecule has 4 rings (SSSR count). The highest BCUT2D eigenvalue weighted by Gasteiger charge is 2.52. The Morgan fingerprint density at radius 1 is 0.333 bits per heavy atom. The normalized spacial score (nSPS) is 23.4. The molecule has 0 heterocycles. The molecule has 1 spiro atoms. The van der Waals surface area contributed by atoms with Crippen LogP contribution in [-0.4, -0.2) is 182 Å². The van der Waals surface area contributed by atoms with Gasteiger partial charge in [0.25, 0.3) is 0 Å². The molecule has 0 aromatic carbocycles. The maximum atomic E-state index is 6.22. The summed E-state index contributed by atoms with van der Waals surface area (Å²) in [5.74, 6) is 6.69. The van der Waals surface area contributed by atoms with Gasteiger partial charge in [-0.3, -0.25) is 0 Å². The van der Waals surface area contributed by atoms with Crippen LogP contribution >= 0.6 is 0 Å². The molecule has 0 aromatic heterocycles. The number of hydrogen-bond acceptors (Lipinski definition) is 8. The van der Waals surface area contributed by atoms with Crippen LogP contribution in [0.2, 0.25) is 0 Å². The van der Waals surface area contributed by atoms with Crippen molar-refractivity contribution in [3.8, 4) is 0 Å². The molecule has 16 heteroatoms. The average molecular weight is 1620 g/mol. The number of hydrogen-bond donors (Lipinski definition) is 0. The summed E-state index contributed by atoms with van der Waals surface area (Å²) in [6.45, 7) is 19.0. The second-order valence-electron chi connectivity index (χ2n) is 38.3. The van der Waals surface area contributed by atoms with Crippen molar-refractivity contribution in [1.29, 1.82) is 0 Å². The molecule has 0 bridgehead atoms. The predicted molar refractivity (Wildman–Crippen MR) is 444 cm³/mol. The third-order valence-electron chi connectivity index (χ3n) is 24.8. The quantitative estimate of drug-likeness (QED) is 0.0196. The molecule has 0 aliphatic heterocycles. The van der Waals surface area contributed by atoms with Gasteiger partial charge in [0.15, 0.2) is 0 Å². The van der Waals surface area contributed by atoms with Gasteiger partial charge in [-0.2, -0.15) is 0 Å². The minimum absolute atomic E-state index is 0. The van der Waals surface area contributed by atoms with Crippen molar-refractivity contribution in [2.24, 2.45) is 58.7 Å². The fourth-order valence-corrected chi connectivity index (χ4v) is 18.1. The van der Waals surface area contributed by atoms with E-state index >= 15 is 0 Å². The second kappa shape index (κ2) is 68.1. The maximum Gasteiger partial charge on any atom is 0.131 e. The van der Waals surface area contributed by atoms with Crippen molar-refractivity contribution in [1.82, 2.24) is 0 Å². The van der Waals surface area contributed by atoms with Crippen LogP contribution < -0.4 is 49.6 Å². The van der Waals surface area contributed by atoms with Gasteiger partial charge in [-0.15, -0.1) is 0 Å². The van der Waals surface area contributed by atoms with Crippen LogP contribution in [0.5, 0.6) is 0 Å². The number of allylic oxidation sites excluding steroid dienone is 3. The molecule has 10 atom stereocenters. The molecule has 0 radical (unpaired) electrons. The Morgan fingerprint density at radius 2 is 0.704 bits per heavy atom. The van der Waals surface area contributed by atoms with Crippen molar-refractivity contribution in [3.63, 3.8) is 0 Å².